The molecule has 0 saturated heterocycles. The van der Waals surface area contributed by atoms with Crippen molar-refractivity contribution in [1.82, 2.24) is 5.32 Å². The van der Waals surface area contributed by atoms with Crippen LogP contribution in [0.2, 0.25) is 5.02 Å². The number of hydrogen-bond acceptors (Lipinski definition) is 1. The fourth-order valence-electron chi connectivity index (χ4n) is 1.76. The predicted molar refractivity (Wildman–Crippen MR) is 60.4 cm³/mol. The fourth-order valence-corrected chi connectivity index (χ4v) is 2.00. The molecule has 0 amide bonds. The first-order valence-electron chi connectivity index (χ1n) is 5.07. The minimum atomic E-state index is -0.274. The van der Waals surface area contributed by atoms with Gasteiger partial charge >= 0.3 is 0 Å². The predicted octanol–water partition coefficient (Wildman–Crippen LogP) is 3.29. The summed E-state index contributed by atoms with van der Waals surface area (Å²) in [5.41, 5.74) is 0.895. The average molecular weight is 226 g/mol. The second kappa shape index (κ2) is 4.77. The third kappa shape index (κ3) is 3.05. The molecule has 3 heteroatoms. The summed E-state index contributed by atoms with van der Waals surface area (Å²) in [7, 11) is 0. The molecule has 0 atom stereocenters. The third-order valence-electron chi connectivity index (χ3n) is 2.53. The summed E-state index contributed by atoms with van der Waals surface area (Å²) in [6, 6.07) is 5.12. The van der Waals surface area contributed by atoms with Gasteiger partial charge in [-0.3, -0.25) is 0 Å². The molecule has 0 heterocycles. The molecule has 80 valence electrons. The van der Waals surface area contributed by atoms with E-state index < -0.39 is 0 Å². The molecule has 0 aliphatic heterocycles. The van der Waals surface area contributed by atoms with Crippen LogP contribution in [0, 0.1) is 5.82 Å². The van der Waals surface area contributed by atoms with Crippen LogP contribution in [0.5, 0.6) is 0 Å². The summed E-state index contributed by atoms with van der Waals surface area (Å²) < 4.78 is 13.0. The van der Waals surface area contributed by atoms with Crippen molar-refractivity contribution in [2.75, 3.05) is 0 Å². The molecule has 0 unspecified atom stereocenters. The Morgan fingerprint density at radius 1 is 1.27 bits per heavy atom. The number of benzene rings is 1. The van der Waals surface area contributed by atoms with Gasteiger partial charge in [-0.2, -0.15) is 0 Å². The van der Waals surface area contributed by atoms with Crippen molar-refractivity contribution in [3.63, 3.8) is 0 Å². The highest BCUT2D eigenvalue weighted by atomic mass is 35.5. The van der Waals surface area contributed by atoms with Crippen molar-refractivity contribution in [3.8, 4) is 0 Å². The zero-order valence-electron chi connectivity index (χ0n) is 8.34. The molecular weight excluding hydrogens is 213 g/mol. The zero-order chi connectivity index (χ0) is 10.7. The Bertz CT molecular complexity index is 348. The van der Waals surface area contributed by atoms with Crippen LogP contribution < -0.4 is 5.32 Å². The van der Waals surface area contributed by atoms with Gasteiger partial charge in [0.2, 0.25) is 0 Å². The summed E-state index contributed by atoms with van der Waals surface area (Å²) in [6.07, 6.45) is 6.44. The molecule has 0 spiro atoms. The van der Waals surface area contributed by atoms with Crippen LogP contribution in [0.3, 0.4) is 0 Å². The van der Waals surface area contributed by atoms with Crippen molar-refractivity contribution >= 4 is 11.6 Å². The van der Waals surface area contributed by atoms with Crippen LogP contribution >= 0.6 is 11.6 Å². The third-order valence-corrected chi connectivity index (χ3v) is 2.74. The molecule has 0 fully saturated rings. The van der Waals surface area contributed by atoms with Crippen molar-refractivity contribution in [1.29, 1.82) is 0 Å². The number of nitrogens with one attached hydrogen (secondary N) is 1. The molecule has 0 saturated carbocycles. The quantitative estimate of drug-likeness (QED) is 0.779. The van der Waals surface area contributed by atoms with E-state index in [1.54, 1.807) is 6.07 Å². The zero-order valence-corrected chi connectivity index (χ0v) is 9.10. The largest absolute Gasteiger partial charge is 0.309 e. The van der Waals surface area contributed by atoms with Gasteiger partial charge in [0.25, 0.3) is 0 Å². The van der Waals surface area contributed by atoms with Crippen LogP contribution in [0.25, 0.3) is 0 Å². The first-order valence-corrected chi connectivity index (χ1v) is 5.45. The number of halogens is 2. The standard InChI is InChI=1S/C12H13ClFN/c13-10-5-9(6-11(14)7-10)8-15-12-3-1-2-4-12/h1-2,5-7,12,15H,3-4,8H2. The summed E-state index contributed by atoms with van der Waals surface area (Å²) in [5, 5.41) is 3.82. The molecule has 2 rings (SSSR count). The number of rotatable bonds is 3. The summed E-state index contributed by atoms with van der Waals surface area (Å²) in [6.45, 7) is 0.670. The van der Waals surface area contributed by atoms with Gasteiger partial charge in [-0.05, 0) is 36.6 Å². The molecule has 0 bridgehead atoms. The van der Waals surface area contributed by atoms with Crippen LogP contribution in [-0.2, 0) is 6.54 Å². The molecule has 1 aromatic carbocycles. The Kier molecular flexibility index (Phi) is 3.39. The van der Waals surface area contributed by atoms with Gasteiger partial charge in [0.1, 0.15) is 5.82 Å². The Morgan fingerprint density at radius 3 is 2.67 bits per heavy atom. The van der Waals surface area contributed by atoms with Gasteiger partial charge in [-0.1, -0.05) is 23.8 Å². The van der Waals surface area contributed by atoms with Gasteiger partial charge in [0, 0.05) is 17.6 Å². The highest BCUT2D eigenvalue weighted by Crippen LogP contribution is 2.15. The van der Waals surface area contributed by atoms with Crippen molar-refractivity contribution in [2.45, 2.75) is 25.4 Å². The molecule has 1 aromatic rings. The minimum Gasteiger partial charge on any atom is -0.309 e. The Labute approximate surface area is 93.9 Å². The Balaban J connectivity index is 1.92. The monoisotopic (exact) mass is 225 g/mol. The lowest BCUT2D eigenvalue weighted by atomic mass is 10.2. The van der Waals surface area contributed by atoms with Crippen molar-refractivity contribution < 1.29 is 4.39 Å². The van der Waals surface area contributed by atoms with Crippen molar-refractivity contribution in [3.05, 3.63) is 46.8 Å². The van der Waals surface area contributed by atoms with E-state index in [4.69, 9.17) is 11.6 Å². The minimum absolute atomic E-state index is 0.274. The lowest BCUT2D eigenvalue weighted by Crippen LogP contribution is -2.25. The van der Waals surface area contributed by atoms with Crippen LogP contribution in [0.1, 0.15) is 18.4 Å². The lowest BCUT2D eigenvalue weighted by Gasteiger charge is -2.11. The van der Waals surface area contributed by atoms with Gasteiger partial charge in [0.15, 0.2) is 0 Å². The van der Waals surface area contributed by atoms with E-state index in [9.17, 15) is 4.39 Å². The van der Waals surface area contributed by atoms with Crippen molar-refractivity contribution in [2.24, 2.45) is 0 Å². The first-order chi connectivity index (χ1) is 7.24. The Morgan fingerprint density at radius 2 is 2.00 bits per heavy atom. The maximum absolute atomic E-state index is 13.0. The van der Waals surface area contributed by atoms with Gasteiger partial charge in [0.05, 0.1) is 0 Å². The molecular formula is C12H13ClFN. The van der Waals surface area contributed by atoms with Crippen LogP contribution in [0.4, 0.5) is 4.39 Å². The van der Waals surface area contributed by atoms with E-state index in [1.807, 2.05) is 0 Å². The fraction of sp³-hybridized carbons (Fsp3) is 0.333. The summed E-state index contributed by atoms with van der Waals surface area (Å²) in [4.78, 5) is 0. The van der Waals surface area contributed by atoms with Crippen LogP contribution in [-0.4, -0.2) is 6.04 Å². The van der Waals surface area contributed by atoms with E-state index in [2.05, 4.69) is 17.5 Å². The van der Waals surface area contributed by atoms with Gasteiger partial charge < -0.3 is 5.32 Å². The summed E-state index contributed by atoms with van der Waals surface area (Å²) in [5.74, 6) is -0.274. The summed E-state index contributed by atoms with van der Waals surface area (Å²) >= 11 is 5.77. The average Bonchev–Trinajstić information content (AvgIpc) is 2.65. The van der Waals surface area contributed by atoms with Crippen LogP contribution in [0.15, 0.2) is 30.4 Å². The van der Waals surface area contributed by atoms with E-state index in [-0.39, 0.29) is 5.82 Å². The molecule has 1 aliphatic rings. The normalized spacial score (nSPS) is 16.1. The second-order valence-corrected chi connectivity index (χ2v) is 4.23. The topological polar surface area (TPSA) is 12.0 Å². The van der Waals surface area contributed by atoms with E-state index in [0.717, 1.165) is 18.4 Å². The highest BCUT2D eigenvalue weighted by molar-refractivity contribution is 6.30. The maximum atomic E-state index is 13.0. The smallest absolute Gasteiger partial charge is 0.125 e. The van der Waals surface area contributed by atoms with Gasteiger partial charge in [-0.25, -0.2) is 4.39 Å². The Hall–Kier alpha value is -0.860. The molecule has 0 radical (unpaired) electrons. The SMILES string of the molecule is Fc1cc(Cl)cc(CNC2CC=CC2)c1. The molecule has 15 heavy (non-hydrogen) atoms. The molecule has 1 N–H and O–H groups in total. The highest BCUT2D eigenvalue weighted by Gasteiger charge is 2.09. The first kappa shape index (κ1) is 10.7. The molecule has 1 nitrogen and oxygen atoms in total. The molecule has 1 aliphatic carbocycles. The van der Waals surface area contributed by atoms with E-state index >= 15 is 0 Å². The van der Waals surface area contributed by atoms with E-state index in [1.165, 1.54) is 12.1 Å². The molecule has 0 aromatic heterocycles. The number of hydrogen-bond donors (Lipinski definition) is 1. The van der Waals surface area contributed by atoms with E-state index in [0.29, 0.717) is 17.6 Å². The van der Waals surface area contributed by atoms with Gasteiger partial charge in [-0.15, -0.1) is 0 Å². The second-order valence-electron chi connectivity index (χ2n) is 3.80. The maximum Gasteiger partial charge on any atom is 0.125 e. The lowest BCUT2D eigenvalue weighted by molar-refractivity contribution is 0.536.